The van der Waals surface area contributed by atoms with Crippen LogP contribution in [0, 0.1) is 13.8 Å². The van der Waals surface area contributed by atoms with Crippen molar-refractivity contribution < 1.29 is 9.59 Å². The number of aromatic nitrogens is 4. The van der Waals surface area contributed by atoms with E-state index >= 15 is 0 Å². The summed E-state index contributed by atoms with van der Waals surface area (Å²) >= 11 is 2.70. The monoisotopic (exact) mass is 442 g/mol. The summed E-state index contributed by atoms with van der Waals surface area (Å²) in [7, 11) is 0. The second kappa shape index (κ2) is 8.57. The molecule has 10 heteroatoms. The number of anilines is 1. The summed E-state index contributed by atoms with van der Waals surface area (Å²) in [5, 5.41) is 15.8. The molecule has 4 rings (SSSR count). The molecule has 0 bridgehead atoms. The highest BCUT2D eigenvalue weighted by atomic mass is 32.2. The number of nitrogens with two attached hydrogens (primary N) is 1. The van der Waals surface area contributed by atoms with Gasteiger partial charge in [-0.1, -0.05) is 23.9 Å². The number of hydrogen-bond acceptors (Lipinski definition) is 7. The number of hydrogen-bond donors (Lipinski definition) is 2. The van der Waals surface area contributed by atoms with Crippen LogP contribution in [0.3, 0.4) is 0 Å². The third kappa shape index (κ3) is 4.10. The molecule has 3 aromatic rings. The van der Waals surface area contributed by atoms with E-state index in [-0.39, 0.29) is 11.7 Å². The molecule has 156 valence electrons. The molecule has 1 aliphatic carbocycles. The number of carbonyl (C=O) groups excluding carboxylic acids is 2. The van der Waals surface area contributed by atoms with Crippen LogP contribution in [0.25, 0.3) is 5.69 Å². The van der Waals surface area contributed by atoms with E-state index in [2.05, 4.69) is 20.8 Å². The van der Waals surface area contributed by atoms with Gasteiger partial charge in [0.2, 0.25) is 11.1 Å². The average Bonchev–Trinajstić information content (AvgIpc) is 3.32. The van der Waals surface area contributed by atoms with E-state index < -0.39 is 5.91 Å². The van der Waals surface area contributed by atoms with Crippen molar-refractivity contribution in [2.75, 3.05) is 11.1 Å². The molecule has 2 amide bonds. The number of rotatable bonds is 6. The molecule has 0 fully saturated rings. The Morgan fingerprint density at radius 2 is 2.07 bits per heavy atom. The largest absolute Gasteiger partial charge is 0.365 e. The second-order valence-electron chi connectivity index (χ2n) is 7.28. The number of tetrazole rings is 1. The van der Waals surface area contributed by atoms with Crippen LogP contribution in [-0.4, -0.2) is 37.8 Å². The fourth-order valence-electron chi connectivity index (χ4n) is 3.58. The van der Waals surface area contributed by atoms with Gasteiger partial charge in [0, 0.05) is 4.88 Å². The molecule has 1 aromatic carbocycles. The molecule has 2 aromatic heterocycles. The molecule has 0 unspecified atom stereocenters. The maximum Gasteiger partial charge on any atom is 0.251 e. The quantitative estimate of drug-likeness (QED) is 0.567. The van der Waals surface area contributed by atoms with E-state index in [1.165, 1.54) is 23.1 Å². The molecular weight excluding hydrogens is 420 g/mol. The number of aryl methyl sites for hydroxylation is 3. The summed E-state index contributed by atoms with van der Waals surface area (Å²) in [5.41, 5.74) is 10.1. The third-order valence-corrected chi connectivity index (χ3v) is 7.16. The van der Waals surface area contributed by atoms with E-state index in [9.17, 15) is 9.59 Å². The fourth-order valence-corrected chi connectivity index (χ4v) is 5.57. The minimum atomic E-state index is -0.490. The van der Waals surface area contributed by atoms with Crippen molar-refractivity contribution in [2.45, 2.75) is 44.7 Å². The normalized spacial score (nSPS) is 13.1. The summed E-state index contributed by atoms with van der Waals surface area (Å²) < 4.78 is 1.64. The van der Waals surface area contributed by atoms with Crippen molar-refractivity contribution in [3.63, 3.8) is 0 Å². The van der Waals surface area contributed by atoms with E-state index in [1.54, 1.807) is 4.68 Å². The average molecular weight is 443 g/mol. The van der Waals surface area contributed by atoms with E-state index in [1.807, 2.05) is 32.0 Å². The zero-order chi connectivity index (χ0) is 21.3. The lowest BCUT2D eigenvalue weighted by Crippen LogP contribution is -2.19. The van der Waals surface area contributed by atoms with E-state index in [0.29, 0.717) is 15.7 Å². The molecule has 8 nitrogen and oxygen atoms in total. The molecule has 3 N–H and O–H groups in total. The zero-order valence-corrected chi connectivity index (χ0v) is 18.4. The lowest BCUT2D eigenvalue weighted by Gasteiger charge is -2.11. The van der Waals surface area contributed by atoms with Crippen LogP contribution in [0.1, 0.15) is 44.8 Å². The SMILES string of the molecule is Cc1ccc(C)c(-n2nnnc2SCC(=O)Nc2sc3c(c2C(N)=O)CCCC3)c1. The smallest absolute Gasteiger partial charge is 0.251 e. The van der Waals surface area contributed by atoms with Crippen LogP contribution in [0.2, 0.25) is 0 Å². The van der Waals surface area contributed by atoms with Gasteiger partial charge in [0.15, 0.2) is 0 Å². The zero-order valence-electron chi connectivity index (χ0n) is 16.8. The highest BCUT2D eigenvalue weighted by Crippen LogP contribution is 2.38. The van der Waals surface area contributed by atoms with Crippen LogP contribution in [0.4, 0.5) is 5.00 Å². The standard InChI is InChI=1S/C20H22N6O2S2/c1-11-7-8-12(2)14(9-11)26-20(23-24-25-26)29-10-16(27)22-19-17(18(21)28)13-5-3-4-6-15(13)30-19/h7-9H,3-6,10H2,1-2H3,(H2,21,28)(H,22,27). The minimum Gasteiger partial charge on any atom is -0.365 e. The first-order chi connectivity index (χ1) is 14.4. The molecule has 0 spiro atoms. The number of amides is 2. The van der Waals surface area contributed by atoms with Gasteiger partial charge in [-0.15, -0.1) is 16.4 Å². The van der Waals surface area contributed by atoms with Crippen LogP contribution >= 0.6 is 23.1 Å². The Morgan fingerprint density at radius 3 is 2.87 bits per heavy atom. The molecule has 0 saturated heterocycles. The topological polar surface area (TPSA) is 116 Å². The van der Waals surface area contributed by atoms with Crippen LogP contribution < -0.4 is 11.1 Å². The lowest BCUT2D eigenvalue weighted by molar-refractivity contribution is -0.113. The molecule has 1 aliphatic rings. The Hall–Kier alpha value is -2.72. The van der Waals surface area contributed by atoms with Crippen LogP contribution in [0.5, 0.6) is 0 Å². The molecular formula is C20H22N6O2S2. The van der Waals surface area contributed by atoms with Crippen LogP contribution in [-0.2, 0) is 17.6 Å². The third-order valence-electron chi connectivity index (χ3n) is 5.04. The summed E-state index contributed by atoms with van der Waals surface area (Å²) in [6.45, 7) is 3.99. The fraction of sp³-hybridized carbons (Fsp3) is 0.350. The Bertz CT molecular complexity index is 1120. The van der Waals surface area contributed by atoms with Gasteiger partial charge in [-0.3, -0.25) is 9.59 Å². The summed E-state index contributed by atoms with van der Waals surface area (Å²) in [4.78, 5) is 25.7. The van der Waals surface area contributed by atoms with Crippen LogP contribution in [0.15, 0.2) is 23.4 Å². The number of primary amides is 1. The molecule has 0 radical (unpaired) electrons. The van der Waals surface area contributed by atoms with Crippen molar-refractivity contribution in [3.05, 3.63) is 45.3 Å². The molecule has 0 saturated carbocycles. The maximum atomic E-state index is 12.6. The van der Waals surface area contributed by atoms with Gasteiger partial charge in [-0.2, -0.15) is 4.68 Å². The summed E-state index contributed by atoms with van der Waals surface area (Å²) in [6.07, 6.45) is 3.89. The van der Waals surface area contributed by atoms with E-state index in [4.69, 9.17) is 5.73 Å². The molecule has 30 heavy (non-hydrogen) atoms. The van der Waals surface area contributed by atoms with Gasteiger partial charge in [0.25, 0.3) is 5.91 Å². The Morgan fingerprint density at radius 1 is 1.27 bits per heavy atom. The first-order valence-electron chi connectivity index (χ1n) is 9.67. The van der Waals surface area contributed by atoms with Gasteiger partial charge in [0.1, 0.15) is 5.00 Å². The molecule has 2 heterocycles. The maximum absolute atomic E-state index is 12.6. The highest BCUT2D eigenvalue weighted by Gasteiger charge is 2.25. The Balaban J connectivity index is 1.48. The lowest BCUT2D eigenvalue weighted by atomic mass is 9.95. The second-order valence-corrected chi connectivity index (χ2v) is 9.33. The van der Waals surface area contributed by atoms with Crippen molar-refractivity contribution in [1.82, 2.24) is 20.2 Å². The summed E-state index contributed by atoms with van der Waals surface area (Å²) in [6, 6.07) is 6.04. The number of benzene rings is 1. The molecule has 0 atom stereocenters. The van der Waals surface area contributed by atoms with Crippen molar-refractivity contribution >= 4 is 39.9 Å². The summed E-state index contributed by atoms with van der Waals surface area (Å²) in [5.74, 6) is -0.598. The van der Waals surface area contributed by atoms with E-state index in [0.717, 1.165) is 52.9 Å². The Kier molecular flexibility index (Phi) is 5.87. The number of thiophene rings is 1. The number of nitrogens with zero attached hydrogens (tertiary/aromatic N) is 4. The predicted octanol–water partition coefficient (Wildman–Crippen LogP) is 3.05. The molecule has 0 aliphatic heterocycles. The number of thioether (sulfide) groups is 1. The van der Waals surface area contributed by atoms with Gasteiger partial charge in [-0.05, 0) is 72.7 Å². The number of carbonyl (C=O) groups is 2. The van der Waals surface area contributed by atoms with Gasteiger partial charge >= 0.3 is 0 Å². The predicted molar refractivity (Wildman–Crippen MR) is 117 cm³/mol. The number of fused-ring (bicyclic) bond motifs is 1. The minimum absolute atomic E-state index is 0.117. The van der Waals surface area contributed by atoms with Crippen molar-refractivity contribution in [2.24, 2.45) is 5.73 Å². The highest BCUT2D eigenvalue weighted by molar-refractivity contribution is 7.99. The van der Waals surface area contributed by atoms with Crippen molar-refractivity contribution in [3.8, 4) is 5.69 Å². The van der Waals surface area contributed by atoms with Gasteiger partial charge < -0.3 is 11.1 Å². The first-order valence-corrected chi connectivity index (χ1v) is 11.5. The number of nitrogens with one attached hydrogen (secondary N) is 1. The van der Waals surface area contributed by atoms with Gasteiger partial charge in [0.05, 0.1) is 17.0 Å². The van der Waals surface area contributed by atoms with Crippen molar-refractivity contribution in [1.29, 1.82) is 0 Å². The van der Waals surface area contributed by atoms with Gasteiger partial charge in [-0.25, -0.2) is 0 Å². The first kappa shape index (κ1) is 20.5. The Labute approximate surface area is 182 Å².